The number of benzene rings is 1. The summed E-state index contributed by atoms with van der Waals surface area (Å²) < 4.78 is 5.11. The average Bonchev–Trinajstić information content (AvgIpc) is 2.03. The van der Waals surface area contributed by atoms with Gasteiger partial charge in [0.2, 0.25) is 0 Å². The Balaban J connectivity index is 0. The molecule has 0 radical (unpaired) electrons. The van der Waals surface area contributed by atoms with E-state index in [0.717, 1.165) is 5.75 Å². The van der Waals surface area contributed by atoms with Crippen molar-refractivity contribution in [3.05, 3.63) is 30.3 Å². The van der Waals surface area contributed by atoms with Crippen LogP contribution in [-0.4, -0.2) is 18.3 Å². The zero-order valence-corrected chi connectivity index (χ0v) is 9.74. The Hall–Kier alpha value is -0.437. The van der Waals surface area contributed by atoms with Crippen LogP contribution < -0.4 is 4.74 Å². The molecular formula is C8H10O3Zn. The van der Waals surface area contributed by atoms with Gasteiger partial charge in [0.05, 0.1) is 6.61 Å². The van der Waals surface area contributed by atoms with Gasteiger partial charge in [-0.05, 0) is 12.1 Å². The first-order valence-corrected chi connectivity index (χ1v) is 3.22. The summed E-state index contributed by atoms with van der Waals surface area (Å²) in [6, 6.07) is 9.43. The van der Waals surface area contributed by atoms with E-state index in [9.17, 15) is 0 Å². The van der Waals surface area contributed by atoms with Crippen LogP contribution in [0.5, 0.6) is 5.75 Å². The average molecular weight is 220 g/mol. The largest absolute Gasteiger partial charge is 2.00 e. The molecule has 0 aromatic heterocycles. The van der Waals surface area contributed by atoms with Crippen LogP contribution in [0.1, 0.15) is 0 Å². The van der Waals surface area contributed by atoms with Crippen LogP contribution in [0.3, 0.4) is 0 Å². The van der Waals surface area contributed by atoms with Gasteiger partial charge in [-0.1, -0.05) is 18.2 Å². The SMILES string of the molecule is OCCOc1ccccc1.[O-2].[Zn+2]. The molecule has 0 fully saturated rings. The van der Waals surface area contributed by atoms with Gasteiger partial charge in [-0.3, -0.25) is 0 Å². The molecule has 3 nitrogen and oxygen atoms in total. The maximum Gasteiger partial charge on any atom is 2.00 e. The summed E-state index contributed by atoms with van der Waals surface area (Å²) in [7, 11) is 0. The summed E-state index contributed by atoms with van der Waals surface area (Å²) in [5, 5.41) is 8.40. The fraction of sp³-hybridized carbons (Fsp3) is 0.250. The summed E-state index contributed by atoms with van der Waals surface area (Å²) in [5.74, 6) is 0.802. The van der Waals surface area contributed by atoms with Gasteiger partial charge in [0, 0.05) is 0 Å². The monoisotopic (exact) mass is 218 g/mol. The minimum Gasteiger partial charge on any atom is -2.00 e. The molecule has 0 unspecified atom stereocenters. The van der Waals surface area contributed by atoms with Gasteiger partial charge in [-0.15, -0.1) is 0 Å². The van der Waals surface area contributed by atoms with E-state index in [0.29, 0.717) is 6.61 Å². The molecule has 0 bridgehead atoms. The molecule has 0 atom stereocenters. The van der Waals surface area contributed by atoms with Gasteiger partial charge in [0.1, 0.15) is 12.4 Å². The predicted molar refractivity (Wildman–Crippen MR) is 39.7 cm³/mol. The van der Waals surface area contributed by atoms with Crippen molar-refractivity contribution in [1.82, 2.24) is 0 Å². The Morgan fingerprint density at radius 3 is 2.25 bits per heavy atom. The van der Waals surface area contributed by atoms with Crippen molar-refractivity contribution in [3.8, 4) is 5.75 Å². The number of hydrogen-bond donors (Lipinski definition) is 1. The van der Waals surface area contributed by atoms with Crippen molar-refractivity contribution in [1.29, 1.82) is 0 Å². The van der Waals surface area contributed by atoms with Gasteiger partial charge in [-0.2, -0.15) is 0 Å². The zero-order chi connectivity index (χ0) is 7.23. The molecular weight excluding hydrogens is 209 g/mol. The maximum absolute atomic E-state index is 8.40. The molecule has 62 valence electrons. The van der Waals surface area contributed by atoms with Crippen molar-refractivity contribution in [2.45, 2.75) is 0 Å². The van der Waals surface area contributed by atoms with Gasteiger partial charge in [-0.25, -0.2) is 0 Å². The maximum atomic E-state index is 8.40. The van der Waals surface area contributed by atoms with Crippen molar-refractivity contribution >= 4 is 0 Å². The molecule has 0 saturated carbocycles. The fourth-order valence-corrected chi connectivity index (χ4v) is 0.680. The third-order valence-corrected chi connectivity index (χ3v) is 1.10. The fourth-order valence-electron chi connectivity index (χ4n) is 0.680. The molecule has 4 heteroatoms. The number of rotatable bonds is 3. The van der Waals surface area contributed by atoms with Crippen molar-refractivity contribution in [2.75, 3.05) is 13.2 Å². The van der Waals surface area contributed by atoms with Crippen LogP contribution in [0.25, 0.3) is 0 Å². The van der Waals surface area contributed by atoms with E-state index in [-0.39, 0.29) is 31.6 Å². The number of para-hydroxylation sites is 1. The molecule has 0 amide bonds. The molecule has 1 aromatic carbocycles. The Morgan fingerprint density at radius 2 is 1.75 bits per heavy atom. The van der Waals surface area contributed by atoms with Crippen molar-refractivity contribution in [2.24, 2.45) is 0 Å². The number of aliphatic hydroxyl groups is 1. The van der Waals surface area contributed by atoms with Crippen LogP contribution >= 0.6 is 0 Å². The van der Waals surface area contributed by atoms with Crippen LogP contribution in [0, 0.1) is 0 Å². The first-order valence-electron chi connectivity index (χ1n) is 3.22. The molecule has 0 aliphatic heterocycles. The van der Waals surface area contributed by atoms with Crippen LogP contribution in [0.4, 0.5) is 0 Å². The van der Waals surface area contributed by atoms with Crippen molar-refractivity contribution < 1.29 is 34.8 Å². The molecule has 0 heterocycles. The van der Waals surface area contributed by atoms with E-state index in [1.54, 1.807) is 0 Å². The summed E-state index contributed by atoms with van der Waals surface area (Å²) in [4.78, 5) is 0. The molecule has 0 aliphatic carbocycles. The van der Waals surface area contributed by atoms with Crippen molar-refractivity contribution in [3.63, 3.8) is 0 Å². The number of hydrogen-bond acceptors (Lipinski definition) is 2. The smallest absolute Gasteiger partial charge is 2.00 e. The first kappa shape index (κ1) is 14.1. The summed E-state index contributed by atoms with van der Waals surface area (Å²) in [5.41, 5.74) is 0. The van der Waals surface area contributed by atoms with E-state index in [1.165, 1.54) is 0 Å². The topological polar surface area (TPSA) is 58.0 Å². The van der Waals surface area contributed by atoms with Crippen LogP contribution in [0.2, 0.25) is 0 Å². The Morgan fingerprint density at radius 1 is 1.17 bits per heavy atom. The van der Waals surface area contributed by atoms with E-state index in [1.807, 2.05) is 30.3 Å². The minimum atomic E-state index is 0. The van der Waals surface area contributed by atoms with E-state index in [2.05, 4.69) is 0 Å². The van der Waals surface area contributed by atoms with Gasteiger partial charge >= 0.3 is 19.5 Å². The molecule has 1 rings (SSSR count). The standard InChI is InChI=1S/C8H10O2.O.Zn/c9-6-7-10-8-4-2-1-3-5-8;;/h1-5,9H,6-7H2;;/q;-2;+2. The zero-order valence-electron chi connectivity index (χ0n) is 6.77. The minimum absolute atomic E-state index is 0. The third-order valence-electron chi connectivity index (χ3n) is 1.10. The van der Waals surface area contributed by atoms with E-state index < -0.39 is 0 Å². The van der Waals surface area contributed by atoms with E-state index in [4.69, 9.17) is 9.84 Å². The first-order chi connectivity index (χ1) is 4.93. The Labute approximate surface area is 84.4 Å². The van der Waals surface area contributed by atoms with Crippen LogP contribution in [0.15, 0.2) is 30.3 Å². The second kappa shape index (κ2) is 8.66. The van der Waals surface area contributed by atoms with Gasteiger partial charge < -0.3 is 15.3 Å². The predicted octanol–water partition coefficient (Wildman–Crippen LogP) is 0.936. The summed E-state index contributed by atoms with van der Waals surface area (Å²) in [6.45, 7) is 0.429. The van der Waals surface area contributed by atoms with Gasteiger partial charge in [0.15, 0.2) is 0 Å². The molecule has 1 aromatic rings. The Bertz CT molecular complexity index is 179. The van der Waals surface area contributed by atoms with E-state index >= 15 is 0 Å². The molecule has 0 aliphatic rings. The molecule has 12 heavy (non-hydrogen) atoms. The molecule has 0 saturated heterocycles. The second-order valence-corrected chi connectivity index (χ2v) is 1.89. The number of aliphatic hydroxyl groups excluding tert-OH is 1. The quantitative estimate of drug-likeness (QED) is 0.769. The summed E-state index contributed by atoms with van der Waals surface area (Å²) >= 11 is 0. The van der Waals surface area contributed by atoms with Gasteiger partial charge in [0.25, 0.3) is 0 Å². The molecule has 1 N–H and O–H groups in total. The van der Waals surface area contributed by atoms with Crippen LogP contribution in [-0.2, 0) is 25.0 Å². The third kappa shape index (κ3) is 5.24. The molecule has 0 spiro atoms. The summed E-state index contributed by atoms with van der Waals surface area (Å²) in [6.07, 6.45) is 0. The second-order valence-electron chi connectivity index (χ2n) is 1.89. The Kier molecular flexibility index (Phi) is 10.2. The number of ether oxygens (including phenoxy) is 1. The normalized spacial score (nSPS) is 7.75.